The molecule has 1 aromatic rings. The zero-order chi connectivity index (χ0) is 11.6. The van der Waals surface area contributed by atoms with Crippen LogP contribution in [0, 0.1) is 0 Å². The fourth-order valence-corrected chi connectivity index (χ4v) is 3.58. The van der Waals surface area contributed by atoms with E-state index in [0.29, 0.717) is 5.13 Å². The minimum atomic E-state index is -3.32. The topological polar surface area (TPSA) is 71.1 Å². The fourth-order valence-electron chi connectivity index (χ4n) is 1.50. The number of anilines is 1. The van der Waals surface area contributed by atoms with Gasteiger partial charge in [0.2, 0.25) is 10.0 Å². The minimum Gasteiger partial charge on any atom is -0.311 e. The van der Waals surface area contributed by atoms with Crippen LogP contribution in [0.15, 0.2) is 12.7 Å². The van der Waals surface area contributed by atoms with Gasteiger partial charge in [0.25, 0.3) is 0 Å². The average Bonchev–Trinajstić information content (AvgIpc) is 2.58. The first-order chi connectivity index (χ1) is 7.61. The smallest absolute Gasteiger partial charge is 0.238 e. The molecule has 1 aliphatic rings. The van der Waals surface area contributed by atoms with Crippen LogP contribution >= 0.6 is 11.3 Å². The van der Waals surface area contributed by atoms with Gasteiger partial charge in [0.15, 0.2) is 5.13 Å². The number of rotatable bonds is 4. The van der Waals surface area contributed by atoms with E-state index < -0.39 is 10.0 Å². The highest BCUT2D eigenvalue weighted by molar-refractivity contribution is 7.93. The maximum Gasteiger partial charge on any atom is 0.238 e. The van der Waals surface area contributed by atoms with E-state index in [0.717, 1.165) is 30.1 Å². The van der Waals surface area contributed by atoms with E-state index >= 15 is 0 Å². The Balaban J connectivity index is 2.16. The van der Waals surface area contributed by atoms with Crippen molar-refractivity contribution in [2.45, 2.75) is 13.0 Å². The molecule has 0 aromatic carbocycles. The lowest BCUT2D eigenvalue weighted by Gasteiger charge is -2.09. The highest BCUT2D eigenvalue weighted by Gasteiger charge is 2.17. The number of fused-ring (bicyclic) bond motifs is 1. The second kappa shape index (κ2) is 4.52. The van der Waals surface area contributed by atoms with Crippen molar-refractivity contribution in [1.82, 2.24) is 10.3 Å². The molecule has 16 heavy (non-hydrogen) atoms. The summed E-state index contributed by atoms with van der Waals surface area (Å²) in [5.74, 6) is -0.0878. The van der Waals surface area contributed by atoms with Gasteiger partial charge in [-0.3, -0.25) is 4.72 Å². The Morgan fingerprint density at radius 3 is 3.12 bits per heavy atom. The van der Waals surface area contributed by atoms with Crippen LogP contribution in [0.4, 0.5) is 5.13 Å². The van der Waals surface area contributed by atoms with Gasteiger partial charge in [-0.15, -0.1) is 6.58 Å². The normalized spacial score (nSPS) is 15.5. The molecule has 2 heterocycles. The molecule has 0 spiro atoms. The SMILES string of the molecule is C=CCS(=O)(=O)Nc1nc2c(s1)CNCC2. The molecule has 0 radical (unpaired) electrons. The first-order valence-electron chi connectivity index (χ1n) is 4.91. The number of hydrogen-bond donors (Lipinski definition) is 2. The Kier molecular flexibility index (Phi) is 3.27. The molecule has 0 fully saturated rings. The number of nitrogens with zero attached hydrogens (tertiary/aromatic N) is 1. The van der Waals surface area contributed by atoms with Crippen molar-refractivity contribution in [3.05, 3.63) is 23.2 Å². The molecule has 1 aliphatic heterocycles. The second-order valence-electron chi connectivity index (χ2n) is 3.49. The van der Waals surface area contributed by atoms with Crippen molar-refractivity contribution in [3.63, 3.8) is 0 Å². The van der Waals surface area contributed by atoms with E-state index in [-0.39, 0.29) is 5.75 Å². The maximum absolute atomic E-state index is 11.5. The van der Waals surface area contributed by atoms with Crippen LogP contribution in [0.3, 0.4) is 0 Å². The highest BCUT2D eigenvalue weighted by Crippen LogP contribution is 2.25. The summed E-state index contributed by atoms with van der Waals surface area (Å²) in [4.78, 5) is 5.39. The predicted molar refractivity (Wildman–Crippen MR) is 65.1 cm³/mol. The number of sulfonamides is 1. The zero-order valence-corrected chi connectivity index (χ0v) is 10.3. The molecule has 0 aliphatic carbocycles. The van der Waals surface area contributed by atoms with Crippen LogP contribution in [-0.2, 0) is 23.0 Å². The van der Waals surface area contributed by atoms with Gasteiger partial charge in [-0.25, -0.2) is 13.4 Å². The molecular formula is C9H13N3O2S2. The van der Waals surface area contributed by atoms with Gasteiger partial charge in [-0.1, -0.05) is 17.4 Å². The Labute approximate surface area is 98.6 Å². The van der Waals surface area contributed by atoms with Crippen LogP contribution in [-0.4, -0.2) is 25.7 Å². The lowest BCUT2D eigenvalue weighted by molar-refractivity contribution is 0.604. The molecule has 1 aromatic heterocycles. The molecule has 0 unspecified atom stereocenters. The van der Waals surface area contributed by atoms with Crippen molar-refractivity contribution >= 4 is 26.5 Å². The summed E-state index contributed by atoms with van der Waals surface area (Å²) in [5.41, 5.74) is 1.00. The molecule has 2 rings (SSSR count). The Morgan fingerprint density at radius 1 is 1.62 bits per heavy atom. The van der Waals surface area contributed by atoms with Gasteiger partial charge in [0, 0.05) is 24.4 Å². The molecule has 0 bridgehead atoms. The Hall–Kier alpha value is -0.920. The largest absolute Gasteiger partial charge is 0.311 e. The third-order valence-electron chi connectivity index (χ3n) is 2.18. The number of nitrogens with one attached hydrogen (secondary N) is 2. The van der Waals surface area contributed by atoms with E-state index in [1.807, 2.05) is 0 Å². The van der Waals surface area contributed by atoms with Gasteiger partial charge < -0.3 is 5.32 Å². The van der Waals surface area contributed by atoms with Crippen LogP contribution in [0.25, 0.3) is 0 Å². The van der Waals surface area contributed by atoms with Crippen LogP contribution in [0.5, 0.6) is 0 Å². The van der Waals surface area contributed by atoms with E-state index in [2.05, 4.69) is 21.6 Å². The van der Waals surface area contributed by atoms with Gasteiger partial charge in [0.1, 0.15) is 0 Å². The van der Waals surface area contributed by atoms with Gasteiger partial charge in [-0.05, 0) is 0 Å². The van der Waals surface area contributed by atoms with Crippen LogP contribution < -0.4 is 10.0 Å². The molecule has 0 amide bonds. The summed E-state index contributed by atoms with van der Waals surface area (Å²) in [6.45, 7) is 5.08. The van der Waals surface area contributed by atoms with Gasteiger partial charge in [0.05, 0.1) is 11.4 Å². The van der Waals surface area contributed by atoms with Crippen molar-refractivity contribution in [1.29, 1.82) is 0 Å². The Bertz CT molecular complexity index is 469. The van der Waals surface area contributed by atoms with Crippen LogP contribution in [0.1, 0.15) is 10.6 Å². The standard InChI is InChI=1S/C9H13N3O2S2/c1-2-5-16(13,14)12-9-11-7-3-4-10-6-8(7)15-9/h2,10H,1,3-6H2,(H,11,12). The third-order valence-corrected chi connectivity index (χ3v) is 4.50. The monoisotopic (exact) mass is 259 g/mol. The number of aromatic nitrogens is 1. The predicted octanol–water partition coefficient (Wildman–Crippen LogP) is 0.716. The van der Waals surface area contributed by atoms with Gasteiger partial charge in [-0.2, -0.15) is 0 Å². The molecule has 0 atom stereocenters. The number of thiazole rings is 1. The quantitative estimate of drug-likeness (QED) is 0.782. The highest BCUT2D eigenvalue weighted by atomic mass is 32.2. The lowest BCUT2D eigenvalue weighted by atomic mass is 10.2. The number of hydrogen-bond acceptors (Lipinski definition) is 5. The minimum absolute atomic E-state index is 0.0878. The molecule has 5 nitrogen and oxygen atoms in total. The lowest BCUT2D eigenvalue weighted by Crippen LogP contribution is -2.22. The van der Waals surface area contributed by atoms with E-state index in [9.17, 15) is 8.42 Å². The Morgan fingerprint density at radius 2 is 2.44 bits per heavy atom. The maximum atomic E-state index is 11.5. The van der Waals surface area contributed by atoms with Crippen LogP contribution in [0.2, 0.25) is 0 Å². The summed E-state index contributed by atoms with van der Waals surface area (Å²) in [6, 6.07) is 0. The summed E-state index contributed by atoms with van der Waals surface area (Å²) < 4.78 is 25.4. The average molecular weight is 259 g/mol. The first kappa shape index (κ1) is 11.6. The molecule has 7 heteroatoms. The van der Waals surface area contributed by atoms with E-state index in [1.165, 1.54) is 17.4 Å². The second-order valence-corrected chi connectivity index (χ2v) is 6.34. The molecule has 88 valence electrons. The van der Waals surface area contributed by atoms with Crippen molar-refractivity contribution in [3.8, 4) is 0 Å². The van der Waals surface area contributed by atoms with E-state index in [4.69, 9.17) is 0 Å². The fraction of sp³-hybridized carbons (Fsp3) is 0.444. The first-order valence-corrected chi connectivity index (χ1v) is 7.38. The van der Waals surface area contributed by atoms with Crippen molar-refractivity contribution < 1.29 is 8.42 Å². The molecule has 0 saturated heterocycles. The van der Waals surface area contributed by atoms with E-state index in [1.54, 1.807) is 0 Å². The summed E-state index contributed by atoms with van der Waals surface area (Å²) in [5, 5.41) is 3.67. The molecule has 2 N–H and O–H groups in total. The molecular weight excluding hydrogens is 246 g/mol. The third kappa shape index (κ3) is 2.60. The van der Waals surface area contributed by atoms with Gasteiger partial charge >= 0.3 is 0 Å². The van der Waals surface area contributed by atoms with Crippen molar-refractivity contribution in [2.75, 3.05) is 17.0 Å². The zero-order valence-electron chi connectivity index (χ0n) is 8.69. The molecule has 0 saturated carbocycles. The summed E-state index contributed by atoms with van der Waals surface area (Å²) >= 11 is 1.39. The van der Waals surface area contributed by atoms with Crippen molar-refractivity contribution in [2.24, 2.45) is 0 Å². The summed E-state index contributed by atoms with van der Waals surface area (Å²) in [7, 11) is -3.32. The summed E-state index contributed by atoms with van der Waals surface area (Å²) in [6.07, 6.45) is 2.21.